The fraction of sp³-hybridized carbons (Fsp3) is 0.727. The minimum Gasteiger partial charge on any atom is -0.396 e. The molecule has 1 aromatic carbocycles. The van der Waals surface area contributed by atoms with E-state index in [1.54, 1.807) is 0 Å². The second kappa shape index (κ2) is 12.9. The molecule has 0 aliphatic heterocycles. The third-order valence-electron chi connectivity index (χ3n) is 6.10. The normalized spacial score (nSPS) is 15.0. The average molecular weight is 674 g/mol. The van der Waals surface area contributed by atoms with Gasteiger partial charge < -0.3 is 10.2 Å². The molecule has 0 spiro atoms. The molecule has 0 heterocycles. The summed E-state index contributed by atoms with van der Waals surface area (Å²) in [6, 6.07) is 7.41. The summed E-state index contributed by atoms with van der Waals surface area (Å²) in [5, 5.41) is 18.8. The lowest BCUT2D eigenvalue weighted by Gasteiger charge is -2.39. The first-order valence-electron chi connectivity index (χ1n) is 10.9. The molecular formula is C22H40B2I2O2P2. The highest BCUT2D eigenvalue weighted by molar-refractivity contribution is 14.2. The summed E-state index contributed by atoms with van der Waals surface area (Å²) >= 11 is 5.24. The summed E-state index contributed by atoms with van der Waals surface area (Å²) in [7, 11) is -0.205. The van der Waals surface area contributed by atoms with Crippen LogP contribution in [0.25, 0.3) is 0 Å². The van der Waals surface area contributed by atoms with Crippen molar-refractivity contribution in [3.05, 3.63) is 34.9 Å². The number of hydrogen-bond donors (Lipinski definition) is 2. The van der Waals surface area contributed by atoms with Gasteiger partial charge in [0.2, 0.25) is 4.86 Å². The molecule has 0 aliphatic rings. The van der Waals surface area contributed by atoms with E-state index in [1.807, 2.05) is 0 Å². The highest BCUT2D eigenvalue weighted by Gasteiger charge is 2.35. The molecule has 0 fully saturated rings. The SMILES string of the molecule is CC(C)(C)c1cc(C(C)(C)P(I)BCCCO)cc(C(C)(C)P(BI)CCCO)c1. The van der Waals surface area contributed by atoms with E-state index < -0.39 is 0 Å². The predicted molar refractivity (Wildman–Crippen MR) is 160 cm³/mol. The molecule has 2 N–H and O–H groups in total. The van der Waals surface area contributed by atoms with Crippen LogP contribution in [0.2, 0.25) is 6.32 Å². The molecule has 30 heavy (non-hydrogen) atoms. The fourth-order valence-electron chi connectivity index (χ4n) is 3.48. The summed E-state index contributed by atoms with van der Waals surface area (Å²) in [5.74, 6) is 0. The van der Waals surface area contributed by atoms with Crippen LogP contribution in [-0.2, 0) is 15.7 Å². The first kappa shape index (κ1) is 29.6. The lowest BCUT2D eigenvalue weighted by Crippen LogP contribution is -2.24. The zero-order chi connectivity index (χ0) is 23.2. The van der Waals surface area contributed by atoms with Gasteiger partial charge in [-0.2, -0.15) is 0 Å². The number of hydrogen-bond acceptors (Lipinski definition) is 2. The Morgan fingerprint density at radius 3 is 1.80 bits per heavy atom. The van der Waals surface area contributed by atoms with Gasteiger partial charge in [0.25, 0.3) is 0 Å². The second-order valence-electron chi connectivity index (χ2n) is 10.1. The third kappa shape index (κ3) is 8.12. The quantitative estimate of drug-likeness (QED) is 0.109. The number of benzene rings is 1. The van der Waals surface area contributed by atoms with Crippen LogP contribution in [0.15, 0.2) is 18.2 Å². The largest absolute Gasteiger partial charge is 0.396 e. The van der Waals surface area contributed by atoms with Crippen LogP contribution in [0.4, 0.5) is 0 Å². The Balaban J connectivity index is 3.45. The summed E-state index contributed by atoms with van der Waals surface area (Å²) in [4.78, 5) is 1.17. The smallest absolute Gasteiger partial charge is 0.229 e. The molecular weight excluding hydrogens is 634 g/mol. The summed E-state index contributed by atoms with van der Waals surface area (Å²) in [6.45, 7) is 18.4. The average Bonchev–Trinajstić information content (AvgIpc) is 2.67. The van der Waals surface area contributed by atoms with Crippen LogP contribution in [0, 0.1) is 0 Å². The molecule has 1 aromatic rings. The minimum absolute atomic E-state index is 0.111. The van der Waals surface area contributed by atoms with Crippen molar-refractivity contribution in [1.29, 1.82) is 0 Å². The van der Waals surface area contributed by atoms with E-state index in [0.29, 0.717) is 13.2 Å². The molecule has 2 unspecified atom stereocenters. The van der Waals surface area contributed by atoms with Gasteiger partial charge in [0.15, 0.2) is 7.00 Å². The van der Waals surface area contributed by atoms with Gasteiger partial charge in [-0.3, -0.25) is 0 Å². The van der Waals surface area contributed by atoms with E-state index >= 15 is 0 Å². The van der Waals surface area contributed by atoms with E-state index in [-0.39, 0.29) is 29.0 Å². The Kier molecular flexibility index (Phi) is 12.7. The van der Waals surface area contributed by atoms with Crippen molar-refractivity contribution in [2.45, 2.75) is 83.4 Å². The van der Waals surface area contributed by atoms with Crippen LogP contribution >= 0.6 is 57.7 Å². The van der Waals surface area contributed by atoms with Crippen molar-refractivity contribution >= 4 is 69.5 Å². The molecule has 0 radical (unpaired) electrons. The Labute approximate surface area is 215 Å². The zero-order valence-corrected chi connectivity index (χ0v) is 26.0. The lowest BCUT2D eigenvalue weighted by atomic mass is 9.82. The van der Waals surface area contributed by atoms with E-state index in [1.165, 1.54) is 28.5 Å². The van der Waals surface area contributed by atoms with Crippen LogP contribution in [-0.4, -0.2) is 41.4 Å². The van der Waals surface area contributed by atoms with E-state index in [9.17, 15) is 10.2 Å². The van der Waals surface area contributed by atoms with E-state index in [4.69, 9.17) is 0 Å². The highest BCUT2D eigenvalue weighted by Crippen LogP contribution is 2.62. The van der Waals surface area contributed by atoms with Gasteiger partial charge in [-0.05, 0) is 41.1 Å². The summed E-state index contributed by atoms with van der Waals surface area (Å²) in [6.07, 6.45) is 4.04. The highest BCUT2D eigenvalue weighted by atomic mass is 127. The van der Waals surface area contributed by atoms with Crippen molar-refractivity contribution in [2.24, 2.45) is 0 Å². The molecule has 2 atom stereocenters. The summed E-state index contributed by atoms with van der Waals surface area (Å²) < 4.78 is 0. The lowest BCUT2D eigenvalue weighted by molar-refractivity contribution is 0.295. The Bertz CT molecular complexity index is 667. The first-order chi connectivity index (χ1) is 13.8. The standard InChI is InChI=1S/C22H40B2I2O2P2/c1-20(2,3)17-14-18(21(4,5)29(24-25)13-9-12-28)16-19(15-17)22(6,7)30(26)23-10-8-11-27/h14-16,23-24,27-28H,8-13H2,1-7H3. The Morgan fingerprint density at radius 1 is 0.833 bits per heavy atom. The molecule has 2 nitrogen and oxygen atoms in total. The van der Waals surface area contributed by atoms with Gasteiger partial charge in [0.1, 0.15) is 0 Å². The van der Waals surface area contributed by atoms with Crippen molar-refractivity contribution in [3.8, 4) is 0 Å². The van der Waals surface area contributed by atoms with Gasteiger partial charge >= 0.3 is 0 Å². The van der Waals surface area contributed by atoms with Crippen molar-refractivity contribution in [1.82, 2.24) is 0 Å². The molecule has 170 valence electrons. The monoisotopic (exact) mass is 674 g/mol. The zero-order valence-electron chi connectivity index (χ0n) is 19.9. The number of aliphatic hydroxyl groups excluding tert-OH is 2. The molecule has 8 heteroatoms. The van der Waals surface area contributed by atoms with Gasteiger partial charge in [0.05, 0.1) is 0 Å². The molecule has 0 saturated heterocycles. The van der Waals surface area contributed by atoms with E-state index in [0.717, 1.165) is 25.3 Å². The maximum Gasteiger partial charge on any atom is 0.229 e. The first-order valence-corrected chi connectivity index (χ1v) is 18.5. The molecule has 0 amide bonds. The fourth-order valence-corrected chi connectivity index (χ4v) is 12.4. The molecule has 0 bridgehead atoms. The molecule has 0 aliphatic carbocycles. The Morgan fingerprint density at radius 2 is 1.33 bits per heavy atom. The van der Waals surface area contributed by atoms with Gasteiger partial charge in [0, 0.05) is 23.5 Å². The second-order valence-corrected chi connectivity index (χ2v) is 20.9. The topological polar surface area (TPSA) is 40.5 Å². The van der Waals surface area contributed by atoms with Crippen LogP contribution < -0.4 is 0 Å². The van der Waals surface area contributed by atoms with Gasteiger partial charge in [-0.25, -0.2) is 0 Å². The molecule has 1 rings (SSSR count). The number of halogens is 2. The van der Waals surface area contributed by atoms with Gasteiger partial charge in [-0.1, -0.05) is 100 Å². The predicted octanol–water partition coefficient (Wildman–Crippen LogP) is 7.00. The van der Waals surface area contributed by atoms with Crippen molar-refractivity contribution in [2.75, 3.05) is 19.4 Å². The minimum atomic E-state index is -0.207. The van der Waals surface area contributed by atoms with Gasteiger partial charge in [-0.15, -0.1) is 30.2 Å². The molecule has 0 saturated carbocycles. The van der Waals surface area contributed by atoms with Crippen LogP contribution in [0.3, 0.4) is 0 Å². The molecule has 0 aromatic heterocycles. The maximum absolute atomic E-state index is 9.39. The number of rotatable bonds is 12. The summed E-state index contributed by atoms with van der Waals surface area (Å²) in [5.41, 5.74) is 4.26. The van der Waals surface area contributed by atoms with Crippen molar-refractivity contribution < 1.29 is 10.2 Å². The van der Waals surface area contributed by atoms with Crippen LogP contribution in [0.5, 0.6) is 0 Å². The number of aliphatic hydroxyl groups is 2. The van der Waals surface area contributed by atoms with E-state index in [2.05, 4.69) is 111 Å². The maximum atomic E-state index is 9.39. The Hall–Kier alpha value is 1.59. The van der Waals surface area contributed by atoms with Crippen molar-refractivity contribution in [3.63, 3.8) is 0 Å². The third-order valence-corrected chi connectivity index (χ3v) is 18.8. The van der Waals surface area contributed by atoms with Crippen LogP contribution in [0.1, 0.15) is 78.0 Å².